The van der Waals surface area contributed by atoms with Gasteiger partial charge in [-0.2, -0.15) is 0 Å². The highest BCUT2D eigenvalue weighted by atomic mass is 32.1. The normalized spacial score (nSPS) is 18.3. The summed E-state index contributed by atoms with van der Waals surface area (Å²) >= 11 is 1.38. The first-order chi connectivity index (χ1) is 10.0. The lowest BCUT2D eigenvalue weighted by Gasteiger charge is -2.22. The van der Waals surface area contributed by atoms with E-state index >= 15 is 0 Å². The van der Waals surface area contributed by atoms with E-state index in [-0.39, 0.29) is 5.91 Å². The molecule has 1 aliphatic heterocycles. The van der Waals surface area contributed by atoms with Crippen LogP contribution in [0.5, 0.6) is 0 Å². The summed E-state index contributed by atoms with van der Waals surface area (Å²) in [4.78, 5) is 25.2. The Balaban J connectivity index is 2.17. The SMILES string of the molecule is CCOC(=O)c1c(NC(=O)C2CNCCO2)sc(C)c1C. The molecule has 0 spiro atoms. The highest BCUT2D eigenvalue weighted by molar-refractivity contribution is 7.16. The topological polar surface area (TPSA) is 76.7 Å². The van der Waals surface area contributed by atoms with Crippen LogP contribution in [0.15, 0.2) is 0 Å². The van der Waals surface area contributed by atoms with Crippen molar-refractivity contribution in [3.63, 3.8) is 0 Å². The number of anilines is 1. The summed E-state index contributed by atoms with van der Waals surface area (Å²) in [5.74, 6) is -0.647. The lowest BCUT2D eigenvalue weighted by Crippen LogP contribution is -2.45. The van der Waals surface area contributed by atoms with Gasteiger partial charge in [0.25, 0.3) is 5.91 Å². The van der Waals surface area contributed by atoms with Crippen molar-refractivity contribution in [1.82, 2.24) is 5.32 Å². The van der Waals surface area contributed by atoms with Gasteiger partial charge < -0.3 is 20.1 Å². The Morgan fingerprint density at radius 1 is 1.48 bits per heavy atom. The van der Waals surface area contributed by atoms with Gasteiger partial charge in [-0.15, -0.1) is 11.3 Å². The molecule has 0 bridgehead atoms. The lowest BCUT2D eigenvalue weighted by molar-refractivity contribution is -0.128. The van der Waals surface area contributed by atoms with Crippen molar-refractivity contribution in [2.24, 2.45) is 0 Å². The molecular formula is C14H20N2O4S. The van der Waals surface area contributed by atoms with Gasteiger partial charge in [0.2, 0.25) is 0 Å². The van der Waals surface area contributed by atoms with Crippen molar-refractivity contribution in [3.8, 4) is 0 Å². The monoisotopic (exact) mass is 312 g/mol. The van der Waals surface area contributed by atoms with Crippen LogP contribution in [0.4, 0.5) is 5.00 Å². The third kappa shape index (κ3) is 3.61. The van der Waals surface area contributed by atoms with Crippen LogP contribution in [0, 0.1) is 13.8 Å². The largest absolute Gasteiger partial charge is 0.462 e. The molecule has 0 radical (unpaired) electrons. The van der Waals surface area contributed by atoms with Crippen molar-refractivity contribution in [1.29, 1.82) is 0 Å². The molecule has 2 rings (SSSR count). The average Bonchev–Trinajstić information content (AvgIpc) is 2.75. The summed E-state index contributed by atoms with van der Waals surface area (Å²) in [5, 5.41) is 6.43. The fourth-order valence-corrected chi connectivity index (χ4v) is 3.14. The van der Waals surface area contributed by atoms with Crippen LogP contribution < -0.4 is 10.6 Å². The van der Waals surface area contributed by atoms with Gasteiger partial charge in [-0.05, 0) is 26.3 Å². The number of carbonyl (C=O) groups excluding carboxylic acids is 2. The number of amides is 1. The van der Waals surface area contributed by atoms with Gasteiger partial charge >= 0.3 is 5.97 Å². The zero-order valence-electron chi connectivity index (χ0n) is 12.4. The standard InChI is InChI=1S/C14H20N2O4S/c1-4-19-14(18)11-8(2)9(3)21-13(11)16-12(17)10-7-15-5-6-20-10/h10,15H,4-7H2,1-3H3,(H,16,17). The van der Waals surface area contributed by atoms with Gasteiger partial charge in [0.15, 0.2) is 0 Å². The molecule has 1 aromatic heterocycles. The quantitative estimate of drug-likeness (QED) is 0.823. The van der Waals surface area contributed by atoms with Crippen molar-refractivity contribution < 1.29 is 19.1 Å². The Kier molecular flexibility index (Phi) is 5.33. The molecule has 0 aromatic carbocycles. The second-order valence-electron chi connectivity index (χ2n) is 4.76. The van der Waals surface area contributed by atoms with Gasteiger partial charge in [0.05, 0.1) is 18.8 Å². The molecule has 1 fully saturated rings. The number of nitrogens with one attached hydrogen (secondary N) is 2. The molecule has 0 aliphatic carbocycles. The maximum atomic E-state index is 12.2. The summed E-state index contributed by atoms with van der Waals surface area (Å²) in [7, 11) is 0. The van der Waals surface area contributed by atoms with Crippen LogP contribution in [0.3, 0.4) is 0 Å². The Labute approximate surface area is 127 Å². The smallest absolute Gasteiger partial charge is 0.341 e. The maximum absolute atomic E-state index is 12.2. The molecule has 21 heavy (non-hydrogen) atoms. The molecule has 1 unspecified atom stereocenters. The fourth-order valence-electron chi connectivity index (χ4n) is 2.09. The zero-order valence-corrected chi connectivity index (χ0v) is 13.3. The average molecular weight is 312 g/mol. The Morgan fingerprint density at radius 2 is 2.24 bits per heavy atom. The first-order valence-electron chi connectivity index (χ1n) is 6.94. The molecule has 1 saturated heterocycles. The fraction of sp³-hybridized carbons (Fsp3) is 0.571. The molecule has 7 heteroatoms. The van der Waals surface area contributed by atoms with E-state index < -0.39 is 12.1 Å². The molecule has 116 valence electrons. The molecule has 6 nitrogen and oxygen atoms in total. The number of carbonyl (C=O) groups is 2. The van der Waals surface area contributed by atoms with Crippen molar-refractivity contribution in [2.45, 2.75) is 26.9 Å². The van der Waals surface area contributed by atoms with Gasteiger partial charge in [0.1, 0.15) is 11.1 Å². The number of morpholine rings is 1. The molecule has 1 atom stereocenters. The van der Waals surface area contributed by atoms with Crippen molar-refractivity contribution in [2.75, 3.05) is 31.6 Å². The van der Waals surface area contributed by atoms with E-state index in [2.05, 4.69) is 10.6 Å². The molecule has 2 heterocycles. The van der Waals surface area contributed by atoms with Gasteiger partial charge in [-0.1, -0.05) is 0 Å². The minimum absolute atomic E-state index is 0.242. The van der Waals surface area contributed by atoms with Crippen LogP contribution >= 0.6 is 11.3 Å². The number of thiophene rings is 1. The van der Waals surface area contributed by atoms with Crippen LogP contribution in [-0.2, 0) is 14.3 Å². The number of rotatable bonds is 4. The molecule has 1 aromatic rings. The number of hydrogen-bond acceptors (Lipinski definition) is 6. The van der Waals surface area contributed by atoms with Crippen LogP contribution in [0.1, 0.15) is 27.7 Å². The van der Waals surface area contributed by atoms with Gasteiger partial charge in [-0.3, -0.25) is 4.79 Å². The Bertz CT molecular complexity index is 535. The summed E-state index contributed by atoms with van der Waals surface area (Å²) in [5.41, 5.74) is 1.29. The highest BCUT2D eigenvalue weighted by Crippen LogP contribution is 2.33. The van der Waals surface area contributed by atoms with E-state index in [9.17, 15) is 9.59 Å². The van der Waals surface area contributed by atoms with Crippen molar-refractivity contribution >= 4 is 28.2 Å². The molecule has 0 saturated carbocycles. The van der Waals surface area contributed by atoms with E-state index in [1.54, 1.807) is 6.92 Å². The van der Waals surface area contributed by atoms with Gasteiger partial charge in [0, 0.05) is 18.0 Å². The molecule has 1 amide bonds. The Morgan fingerprint density at radius 3 is 2.86 bits per heavy atom. The van der Waals surface area contributed by atoms with E-state index in [1.807, 2.05) is 13.8 Å². The van der Waals surface area contributed by atoms with E-state index in [1.165, 1.54) is 11.3 Å². The number of ether oxygens (including phenoxy) is 2. The number of hydrogen-bond donors (Lipinski definition) is 2. The van der Waals surface area contributed by atoms with E-state index in [4.69, 9.17) is 9.47 Å². The predicted molar refractivity (Wildman–Crippen MR) is 81.0 cm³/mol. The molecule has 1 aliphatic rings. The first-order valence-corrected chi connectivity index (χ1v) is 7.76. The molecular weight excluding hydrogens is 292 g/mol. The highest BCUT2D eigenvalue weighted by Gasteiger charge is 2.26. The van der Waals surface area contributed by atoms with Crippen LogP contribution in [0.2, 0.25) is 0 Å². The third-order valence-electron chi connectivity index (χ3n) is 3.32. The summed E-state index contributed by atoms with van der Waals surface area (Å²) in [6.07, 6.45) is -0.531. The number of esters is 1. The van der Waals surface area contributed by atoms with E-state index in [0.717, 1.165) is 17.0 Å². The molecule has 2 N–H and O–H groups in total. The maximum Gasteiger partial charge on any atom is 0.341 e. The van der Waals surface area contributed by atoms with Crippen LogP contribution in [0.25, 0.3) is 0 Å². The first kappa shape index (κ1) is 15.9. The summed E-state index contributed by atoms with van der Waals surface area (Å²) < 4.78 is 10.5. The summed E-state index contributed by atoms with van der Waals surface area (Å²) in [6.45, 7) is 7.55. The second kappa shape index (κ2) is 7.02. The second-order valence-corrected chi connectivity index (χ2v) is 5.99. The van der Waals surface area contributed by atoms with Gasteiger partial charge in [-0.25, -0.2) is 4.79 Å². The van der Waals surface area contributed by atoms with Crippen LogP contribution in [-0.4, -0.2) is 44.3 Å². The zero-order chi connectivity index (χ0) is 15.4. The number of aryl methyl sites for hydroxylation is 1. The predicted octanol–water partition coefficient (Wildman–Crippen LogP) is 1.47. The lowest BCUT2D eigenvalue weighted by atomic mass is 10.1. The van der Waals surface area contributed by atoms with Crippen molar-refractivity contribution in [3.05, 3.63) is 16.0 Å². The Hall–Kier alpha value is -1.44. The third-order valence-corrected chi connectivity index (χ3v) is 4.44. The minimum Gasteiger partial charge on any atom is -0.462 e. The van der Waals surface area contributed by atoms with E-state index in [0.29, 0.717) is 30.3 Å². The minimum atomic E-state index is -0.531. The summed E-state index contributed by atoms with van der Waals surface area (Å²) in [6, 6.07) is 0.